The summed E-state index contributed by atoms with van der Waals surface area (Å²) in [5, 5.41) is 11.0. The highest BCUT2D eigenvalue weighted by Gasteiger charge is 2.13. The number of carbonyl (C=O) groups excluding carboxylic acids is 1. The minimum atomic E-state index is -0.0459. The molecule has 1 aromatic heterocycles. The number of thioether (sulfide) groups is 1. The number of nitrogens with zero attached hydrogens (tertiary/aromatic N) is 3. The summed E-state index contributed by atoms with van der Waals surface area (Å²) in [5.41, 5.74) is 2.32. The summed E-state index contributed by atoms with van der Waals surface area (Å²) in [6, 6.07) is 8.22. The average Bonchev–Trinajstić information content (AvgIpc) is 2.89. The van der Waals surface area contributed by atoms with Crippen LogP contribution < -0.4 is 11.2 Å². The third kappa shape index (κ3) is 4.22. The molecule has 0 saturated carbocycles. The van der Waals surface area contributed by atoms with Crippen LogP contribution in [0.25, 0.3) is 0 Å². The molecule has 0 aliphatic heterocycles. The van der Waals surface area contributed by atoms with Crippen LogP contribution in [0.2, 0.25) is 0 Å². The van der Waals surface area contributed by atoms with Gasteiger partial charge in [-0.15, -0.1) is 10.2 Å². The normalized spacial score (nSPS) is 12.1. The molecule has 0 saturated heterocycles. The molecule has 0 aliphatic rings. The van der Waals surface area contributed by atoms with E-state index in [-0.39, 0.29) is 17.7 Å². The summed E-state index contributed by atoms with van der Waals surface area (Å²) in [6.07, 6.45) is 2.24. The Hall–Kier alpha value is -2.02. The summed E-state index contributed by atoms with van der Waals surface area (Å²) >= 11 is 1.26. The van der Waals surface area contributed by atoms with E-state index in [9.17, 15) is 4.79 Å². The minimum absolute atomic E-state index is 0.0226. The van der Waals surface area contributed by atoms with Crippen LogP contribution in [0.4, 0.5) is 0 Å². The predicted molar refractivity (Wildman–Crippen MR) is 83.3 cm³/mol. The molecule has 0 fully saturated rings. The van der Waals surface area contributed by atoms with Gasteiger partial charge in [0.05, 0.1) is 11.8 Å². The largest absolute Gasteiger partial charge is 0.349 e. The first-order chi connectivity index (χ1) is 10.1. The Bertz CT molecular complexity index is 596. The topological polar surface area (TPSA) is 85.8 Å². The van der Waals surface area contributed by atoms with Gasteiger partial charge >= 0.3 is 0 Å². The van der Waals surface area contributed by atoms with Crippen LogP contribution in [0, 0.1) is 6.92 Å². The van der Waals surface area contributed by atoms with Crippen molar-refractivity contribution < 1.29 is 4.79 Å². The zero-order chi connectivity index (χ0) is 15.2. The van der Waals surface area contributed by atoms with E-state index >= 15 is 0 Å². The van der Waals surface area contributed by atoms with Crippen LogP contribution >= 0.6 is 11.8 Å². The van der Waals surface area contributed by atoms with Gasteiger partial charge in [0.25, 0.3) is 0 Å². The maximum atomic E-state index is 12.0. The number of rotatable bonds is 6. The van der Waals surface area contributed by atoms with Crippen molar-refractivity contribution in [2.24, 2.45) is 0 Å². The van der Waals surface area contributed by atoms with Gasteiger partial charge in [-0.3, -0.25) is 4.79 Å². The van der Waals surface area contributed by atoms with Gasteiger partial charge in [-0.2, -0.15) is 0 Å². The van der Waals surface area contributed by atoms with E-state index in [2.05, 4.69) is 34.6 Å². The number of aryl methyl sites for hydroxylation is 1. The predicted octanol–water partition coefficient (Wildman–Crippen LogP) is 1.66. The number of nitrogen functional groups attached to an aromatic ring is 1. The Morgan fingerprint density at radius 2 is 2.14 bits per heavy atom. The molecular weight excluding hydrogens is 286 g/mol. The molecule has 7 heteroatoms. The third-order valence-corrected chi connectivity index (χ3v) is 4.05. The van der Waals surface area contributed by atoms with Crippen LogP contribution in [0.15, 0.2) is 35.7 Å². The maximum absolute atomic E-state index is 12.0. The number of hydrogen-bond acceptors (Lipinski definition) is 5. The summed E-state index contributed by atoms with van der Waals surface area (Å²) in [4.78, 5) is 12.0. The molecule has 21 heavy (non-hydrogen) atoms. The molecule has 3 N–H and O–H groups in total. The Morgan fingerprint density at radius 3 is 2.71 bits per heavy atom. The number of nitrogens with one attached hydrogen (secondary N) is 1. The molecule has 2 aromatic rings. The Labute approximate surface area is 128 Å². The Morgan fingerprint density at radius 1 is 1.43 bits per heavy atom. The molecule has 0 radical (unpaired) electrons. The fourth-order valence-electron chi connectivity index (χ4n) is 1.92. The van der Waals surface area contributed by atoms with E-state index in [1.165, 1.54) is 28.3 Å². The van der Waals surface area contributed by atoms with Crippen LogP contribution in [0.3, 0.4) is 0 Å². The van der Waals surface area contributed by atoms with Crippen LogP contribution in [-0.2, 0) is 4.79 Å². The molecule has 2 rings (SSSR count). The van der Waals surface area contributed by atoms with Gasteiger partial charge in [-0.05, 0) is 18.9 Å². The van der Waals surface area contributed by atoms with Crippen molar-refractivity contribution in [1.29, 1.82) is 0 Å². The van der Waals surface area contributed by atoms with Crippen LogP contribution in [-0.4, -0.2) is 26.5 Å². The van der Waals surface area contributed by atoms with Crippen molar-refractivity contribution in [3.05, 3.63) is 41.7 Å². The van der Waals surface area contributed by atoms with Crippen molar-refractivity contribution in [2.45, 2.75) is 31.5 Å². The first-order valence-corrected chi connectivity index (χ1v) is 7.72. The average molecular weight is 305 g/mol. The number of benzene rings is 1. The zero-order valence-corrected chi connectivity index (χ0v) is 12.9. The lowest BCUT2D eigenvalue weighted by atomic mass is 10.0. The van der Waals surface area contributed by atoms with E-state index < -0.39 is 0 Å². The molecule has 1 heterocycles. The molecule has 1 amide bonds. The van der Waals surface area contributed by atoms with Gasteiger partial charge in [-0.1, -0.05) is 48.5 Å². The van der Waals surface area contributed by atoms with Gasteiger partial charge in [0, 0.05) is 0 Å². The third-order valence-electron chi connectivity index (χ3n) is 3.10. The second kappa shape index (κ2) is 7.12. The lowest BCUT2D eigenvalue weighted by Crippen LogP contribution is -2.29. The second-order valence-corrected chi connectivity index (χ2v) is 5.69. The van der Waals surface area contributed by atoms with E-state index in [1.54, 1.807) is 0 Å². The molecule has 0 unspecified atom stereocenters. The number of carbonyl (C=O) groups is 1. The van der Waals surface area contributed by atoms with E-state index in [0.717, 1.165) is 12.0 Å². The Balaban J connectivity index is 1.90. The summed E-state index contributed by atoms with van der Waals surface area (Å²) < 4.78 is 1.30. The first kappa shape index (κ1) is 15.4. The molecule has 0 bridgehead atoms. The van der Waals surface area contributed by atoms with Crippen molar-refractivity contribution in [3.63, 3.8) is 0 Å². The molecule has 112 valence electrons. The smallest absolute Gasteiger partial charge is 0.230 e. The molecule has 1 atom stereocenters. The zero-order valence-electron chi connectivity index (χ0n) is 12.1. The summed E-state index contributed by atoms with van der Waals surface area (Å²) in [6.45, 7) is 4.09. The standard InChI is InChI=1S/C14H19N5OS/c1-3-12(11-6-4-10(2)5-7-11)17-13(20)8-21-14-18-16-9-19(14)15/h4-7,9,12H,3,8,15H2,1-2H3,(H,17,20)/t12-/m0/s1. The lowest BCUT2D eigenvalue weighted by molar-refractivity contribution is -0.119. The quantitative estimate of drug-likeness (QED) is 0.626. The molecular formula is C14H19N5OS. The highest BCUT2D eigenvalue weighted by molar-refractivity contribution is 7.99. The van der Waals surface area contributed by atoms with Gasteiger partial charge in [0.15, 0.2) is 0 Å². The Kier molecular flexibility index (Phi) is 5.21. The van der Waals surface area contributed by atoms with Gasteiger partial charge in [0.2, 0.25) is 11.1 Å². The van der Waals surface area contributed by atoms with E-state index in [0.29, 0.717) is 5.16 Å². The highest BCUT2D eigenvalue weighted by atomic mass is 32.2. The lowest BCUT2D eigenvalue weighted by Gasteiger charge is -2.17. The minimum Gasteiger partial charge on any atom is -0.349 e. The van der Waals surface area contributed by atoms with Crippen molar-refractivity contribution in [1.82, 2.24) is 20.2 Å². The number of nitrogens with two attached hydrogens (primary N) is 1. The summed E-state index contributed by atoms with van der Waals surface area (Å²) in [7, 11) is 0. The SMILES string of the molecule is CC[C@H](NC(=O)CSc1nncn1N)c1ccc(C)cc1. The fourth-order valence-corrected chi connectivity index (χ4v) is 2.57. The van der Waals surface area contributed by atoms with Crippen LogP contribution in [0.5, 0.6) is 0 Å². The van der Waals surface area contributed by atoms with Gasteiger partial charge < -0.3 is 11.2 Å². The molecule has 1 aromatic carbocycles. The molecule has 0 aliphatic carbocycles. The van der Waals surface area contributed by atoms with Crippen molar-refractivity contribution in [3.8, 4) is 0 Å². The van der Waals surface area contributed by atoms with Gasteiger partial charge in [-0.25, -0.2) is 4.68 Å². The van der Waals surface area contributed by atoms with E-state index in [4.69, 9.17) is 5.84 Å². The first-order valence-electron chi connectivity index (χ1n) is 6.74. The molecule has 6 nitrogen and oxygen atoms in total. The number of hydrogen-bond donors (Lipinski definition) is 2. The maximum Gasteiger partial charge on any atom is 0.230 e. The van der Waals surface area contributed by atoms with Gasteiger partial charge in [0.1, 0.15) is 6.33 Å². The fraction of sp³-hybridized carbons (Fsp3) is 0.357. The van der Waals surface area contributed by atoms with E-state index in [1.807, 2.05) is 19.1 Å². The highest BCUT2D eigenvalue weighted by Crippen LogP contribution is 2.18. The number of amides is 1. The molecule has 0 spiro atoms. The second-order valence-electron chi connectivity index (χ2n) is 4.75. The van der Waals surface area contributed by atoms with Crippen molar-refractivity contribution in [2.75, 3.05) is 11.6 Å². The summed E-state index contributed by atoms with van der Waals surface area (Å²) in [5.74, 6) is 5.81. The van der Waals surface area contributed by atoms with Crippen molar-refractivity contribution >= 4 is 17.7 Å². The monoisotopic (exact) mass is 305 g/mol. The van der Waals surface area contributed by atoms with Crippen LogP contribution in [0.1, 0.15) is 30.5 Å². The number of aromatic nitrogens is 3.